The molecule has 0 spiro atoms. The van der Waals surface area contributed by atoms with Gasteiger partial charge in [-0.2, -0.15) is 0 Å². The number of hydrogen-bond acceptors (Lipinski definition) is 0. The van der Waals surface area contributed by atoms with Gasteiger partial charge in [0, 0.05) is 0 Å². The summed E-state index contributed by atoms with van der Waals surface area (Å²) < 4.78 is 1.28. The van der Waals surface area contributed by atoms with Gasteiger partial charge in [0.05, 0.1) is 26.2 Å². The van der Waals surface area contributed by atoms with Crippen molar-refractivity contribution < 1.29 is 9.96 Å². The molecule has 0 aromatic rings. The minimum atomic E-state index is 0. The Labute approximate surface area is 122 Å². The van der Waals surface area contributed by atoms with Crippen molar-refractivity contribution in [1.82, 2.24) is 0 Å². The second-order valence-electron chi connectivity index (χ2n) is 2.61. The summed E-state index contributed by atoms with van der Waals surface area (Å²) in [7, 11) is 0. The molecule has 0 aliphatic rings. The van der Waals surface area contributed by atoms with Crippen LogP contribution in [-0.2, 0) is 0 Å². The summed E-state index contributed by atoms with van der Waals surface area (Å²) in [5.41, 5.74) is 0. The zero-order valence-electron chi connectivity index (χ0n) is 7.78. The van der Waals surface area contributed by atoms with Gasteiger partial charge in [-0.1, -0.05) is 0 Å². The van der Waals surface area contributed by atoms with Gasteiger partial charge in [0.1, 0.15) is 0 Å². The van der Waals surface area contributed by atoms with Crippen molar-refractivity contribution in [2.45, 2.75) is 27.7 Å². The Kier molecular flexibility index (Phi) is 25.4. The van der Waals surface area contributed by atoms with Gasteiger partial charge in [0.15, 0.2) is 0 Å². The Morgan fingerprint density at radius 2 is 0.833 bits per heavy atom. The summed E-state index contributed by atoms with van der Waals surface area (Å²) in [6, 6.07) is 0. The van der Waals surface area contributed by atoms with Crippen molar-refractivity contribution in [3.8, 4) is 0 Å². The topological polar surface area (TPSA) is 31.5 Å². The van der Waals surface area contributed by atoms with Crippen molar-refractivity contribution in [3.63, 3.8) is 0 Å². The molecular weight excluding hydrogens is 172 g/mol. The maximum absolute atomic E-state index is 2.27. The summed E-state index contributed by atoms with van der Waals surface area (Å²) in [5, 5.41) is 0. The van der Waals surface area contributed by atoms with Crippen LogP contribution in [0.2, 0.25) is 0 Å². The van der Waals surface area contributed by atoms with Crippen molar-refractivity contribution >= 4 is 59.1 Å². The summed E-state index contributed by atoms with van der Waals surface area (Å²) in [5.74, 6) is 0. The fraction of sp³-hybridized carbons (Fsp3) is 1.00. The van der Waals surface area contributed by atoms with Gasteiger partial charge in [-0.25, -0.2) is 0 Å². The fourth-order valence-corrected chi connectivity index (χ4v) is 1.34. The molecule has 4 heteroatoms. The second-order valence-corrected chi connectivity index (χ2v) is 2.61. The van der Waals surface area contributed by atoms with Crippen LogP contribution in [0, 0.1) is 0 Å². The molecule has 0 aromatic heterocycles. The first kappa shape index (κ1) is 23.6. The predicted octanol–water partition coefficient (Wildman–Crippen LogP) is -0.239. The van der Waals surface area contributed by atoms with Crippen molar-refractivity contribution in [1.29, 1.82) is 0 Å². The standard InChI is InChI=1S/C8H20N.2Na.H2O.2H/c1-5-9(6-2,7-3)8-4;;;;;/h5-8H2,1-4H3;;;1H2;;/q+1;;;;;. The van der Waals surface area contributed by atoms with E-state index in [0.29, 0.717) is 0 Å². The Balaban J connectivity index is -0.000000107. The van der Waals surface area contributed by atoms with Gasteiger partial charge in [0.2, 0.25) is 0 Å². The monoisotopic (exact) mass is 196 g/mol. The van der Waals surface area contributed by atoms with Gasteiger partial charge in [-0.3, -0.25) is 0 Å². The summed E-state index contributed by atoms with van der Waals surface area (Å²) in [6.07, 6.45) is 0. The van der Waals surface area contributed by atoms with Crippen molar-refractivity contribution in [2.24, 2.45) is 0 Å². The predicted molar refractivity (Wildman–Crippen MR) is 60.3 cm³/mol. The molecule has 0 saturated heterocycles. The van der Waals surface area contributed by atoms with Gasteiger partial charge < -0.3 is 9.96 Å². The molecule has 0 amide bonds. The van der Waals surface area contributed by atoms with Crippen LogP contribution < -0.4 is 0 Å². The van der Waals surface area contributed by atoms with Crippen molar-refractivity contribution in [2.75, 3.05) is 26.2 Å². The summed E-state index contributed by atoms with van der Waals surface area (Å²) >= 11 is 0. The average molecular weight is 196 g/mol. The van der Waals surface area contributed by atoms with Gasteiger partial charge in [-0.15, -0.1) is 0 Å². The van der Waals surface area contributed by atoms with Crippen molar-refractivity contribution in [3.05, 3.63) is 0 Å². The first-order valence-corrected chi connectivity index (χ1v) is 4.09. The first-order chi connectivity index (χ1) is 4.24. The van der Waals surface area contributed by atoms with E-state index in [9.17, 15) is 0 Å². The molecule has 2 nitrogen and oxygen atoms in total. The molecule has 0 unspecified atom stereocenters. The third-order valence-electron chi connectivity index (χ3n) is 2.68. The third-order valence-corrected chi connectivity index (χ3v) is 2.68. The van der Waals surface area contributed by atoms with Crippen LogP contribution in [-0.4, -0.2) is 95.3 Å². The molecule has 0 heterocycles. The SMILES string of the molecule is CC[N+](CC)(CC)CC.O.[NaH].[NaH]. The molecule has 0 aromatic carbocycles. The maximum atomic E-state index is 2.27. The zero-order chi connectivity index (χ0) is 7.33. The van der Waals surface area contributed by atoms with Gasteiger partial charge in [0.25, 0.3) is 0 Å². The van der Waals surface area contributed by atoms with E-state index in [4.69, 9.17) is 0 Å². The molecule has 0 aliphatic carbocycles. The number of hydrogen-bond donors (Lipinski definition) is 0. The number of rotatable bonds is 4. The van der Waals surface area contributed by atoms with Crippen LogP contribution >= 0.6 is 0 Å². The fourth-order valence-electron chi connectivity index (χ4n) is 1.34. The number of quaternary nitrogens is 1. The Hall–Kier alpha value is 1.92. The molecule has 0 radical (unpaired) electrons. The van der Waals surface area contributed by atoms with E-state index in [2.05, 4.69) is 27.7 Å². The van der Waals surface area contributed by atoms with E-state index >= 15 is 0 Å². The van der Waals surface area contributed by atoms with E-state index < -0.39 is 0 Å². The van der Waals surface area contributed by atoms with Crippen LogP contribution in [0.3, 0.4) is 0 Å². The second kappa shape index (κ2) is 12.9. The van der Waals surface area contributed by atoms with Gasteiger partial charge in [-0.05, 0) is 27.7 Å². The Morgan fingerprint density at radius 1 is 0.667 bits per heavy atom. The Morgan fingerprint density at radius 3 is 0.833 bits per heavy atom. The van der Waals surface area contributed by atoms with Crippen LogP contribution in [0.1, 0.15) is 27.7 Å². The summed E-state index contributed by atoms with van der Waals surface area (Å²) in [6.45, 7) is 14.2. The van der Waals surface area contributed by atoms with Crippen LogP contribution in [0.5, 0.6) is 0 Å². The average Bonchev–Trinajstić information content (AvgIpc) is 1.95. The first-order valence-electron chi connectivity index (χ1n) is 4.09. The van der Waals surface area contributed by atoms with E-state index in [0.717, 1.165) is 0 Å². The van der Waals surface area contributed by atoms with E-state index in [1.807, 2.05) is 0 Å². The van der Waals surface area contributed by atoms with Gasteiger partial charge >= 0.3 is 59.1 Å². The van der Waals surface area contributed by atoms with E-state index in [-0.39, 0.29) is 64.6 Å². The van der Waals surface area contributed by atoms with Crippen LogP contribution in [0.25, 0.3) is 0 Å². The molecule has 2 N–H and O–H groups in total. The summed E-state index contributed by atoms with van der Waals surface area (Å²) in [4.78, 5) is 0. The number of nitrogens with zero attached hydrogens (tertiary/aromatic N) is 1. The molecule has 0 aliphatic heterocycles. The molecule has 68 valence electrons. The minimum absolute atomic E-state index is 0. The van der Waals surface area contributed by atoms with E-state index in [1.165, 1.54) is 30.7 Å². The normalized spacial score (nSPS) is 9.00. The molecule has 0 fully saturated rings. The molecule has 0 atom stereocenters. The molecule has 0 saturated carbocycles. The quantitative estimate of drug-likeness (QED) is 0.439. The third kappa shape index (κ3) is 7.34. The van der Waals surface area contributed by atoms with Crippen LogP contribution in [0.15, 0.2) is 0 Å². The Bertz CT molecular complexity index is 59.9. The molecule has 0 bridgehead atoms. The molecular formula is C8H24NNa2O+. The molecule has 0 rings (SSSR count). The zero-order valence-corrected chi connectivity index (χ0v) is 7.78. The van der Waals surface area contributed by atoms with Crippen LogP contribution in [0.4, 0.5) is 0 Å². The molecule has 12 heavy (non-hydrogen) atoms. The van der Waals surface area contributed by atoms with E-state index in [1.54, 1.807) is 0 Å².